The largest absolute Gasteiger partial charge is 0.350 e. The fourth-order valence-electron chi connectivity index (χ4n) is 2.74. The van der Waals surface area contributed by atoms with Gasteiger partial charge in [-0.25, -0.2) is 4.68 Å². The maximum absolute atomic E-state index is 6.13. The van der Waals surface area contributed by atoms with Crippen molar-refractivity contribution in [1.82, 2.24) is 15.0 Å². The van der Waals surface area contributed by atoms with Gasteiger partial charge in [0.1, 0.15) is 5.52 Å². The van der Waals surface area contributed by atoms with Crippen LogP contribution in [0.4, 0.5) is 0 Å². The molecule has 0 saturated heterocycles. The van der Waals surface area contributed by atoms with Gasteiger partial charge in [-0.15, -0.1) is 5.10 Å². The van der Waals surface area contributed by atoms with Crippen LogP contribution in [-0.4, -0.2) is 21.6 Å². The summed E-state index contributed by atoms with van der Waals surface area (Å²) in [7, 11) is 0. The van der Waals surface area contributed by atoms with E-state index in [1.54, 1.807) is 0 Å². The van der Waals surface area contributed by atoms with Gasteiger partial charge in [0.25, 0.3) is 0 Å². The van der Waals surface area contributed by atoms with Crippen molar-refractivity contribution in [1.29, 1.82) is 0 Å². The van der Waals surface area contributed by atoms with Gasteiger partial charge in [0.15, 0.2) is 5.72 Å². The van der Waals surface area contributed by atoms with Crippen LogP contribution in [-0.2, 0) is 10.5 Å². The smallest absolute Gasteiger partial charge is 0.182 e. The fourth-order valence-corrected chi connectivity index (χ4v) is 2.74. The number of ether oxygens (including phenoxy) is 1. The lowest BCUT2D eigenvalue weighted by Crippen LogP contribution is -2.35. The number of para-hydroxylation sites is 1. The average Bonchev–Trinajstić information content (AvgIpc) is 3.04. The molecule has 1 heterocycles. The van der Waals surface area contributed by atoms with Gasteiger partial charge in [-0.1, -0.05) is 60.7 Å². The second kappa shape index (κ2) is 6.75. The minimum atomic E-state index is -0.638. The highest BCUT2D eigenvalue weighted by molar-refractivity contribution is 5.74. The molecule has 0 bridgehead atoms. The molecular formula is C19H21N3O. The lowest BCUT2D eigenvalue weighted by Gasteiger charge is -2.30. The third kappa shape index (κ3) is 3.03. The predicted molar refractivity (Wildman–Crippen MR) is 92.9 cm³/mol. The first kappa shape index (κ1) is 15.4. The summed E-state index contributed by atoms with van der Waals surface area (Å²) < 4.78 is 8.01. The second-order valence-electron chi connectivity index (χ2n) is 5.37. The Balaban J connectivity index is 2.07. The van der Waals surface area contributed by atoms with Crippen molar-refractivity contribution in [3.05, 3.63) is 66.2 Å². The molecule has 3 aromatic rings. The molecule has 118 valence electrons. The van der Waals surface area contributed by atoms with E-state index in [4.69, 9.17) is 4.74 Å². The van der Waals surface area contributed by atoms with E-state index in [-0.39, 0.29) is 0 Å². The predicted octanol–water partition coefficient (Wildman–Crippen LogP) is 4.24. The lowest BCUT2D eigenvalue weighted by atomic mass is 10.1. The van der Waals surface area contributed by atoms with E-state index in [1.165, 1.54) is 0 Å². The zero-order valence-electron chi connectivity index (χ0n) is 13.5. The van der Waals surface area contributed by atoms with Crippen molar-refractivity contribution in [2.75, 3.05) is 6.61 Å². The third-order valence-electron chi connectivity index (χ3n) is 3.95. The number of fused-ring (bicyclic) bond motifs is 1. The van der Waals surface area contributed by atoms with Gasteiger partial charge in [0.05, 0.1) is 5.52 Å². The Morgan fingerprint density at radius 3 is 2.52 bits per heavy atom. The first-order valence-corrected chi connectivity index (χ1v) is 7.98. The Morgan fingerprint density at radius 2 is 1.78 bits per heavy atom. The van der Waals surface area contributed by atoms with E-state index in [1.807, 2.05) is 54.1 Å². The summed E-state index contributed by atoms with van der Waals surface area (Å²) >= 11 is 0. The fraction of sp³-hybridized carbons (Fsp3) is 0.263. The van der Waals surface area contributed by atoms with E-state index in [2.05, 4.69) is 41.5 Å². The number of hydrogen-bond acceptors (Lipinski definition) is 3. The van der Waals surface area contributed by atoms with Crippen molar-refractivity contribution in [3.8, 4) is 0 Å². The summed E-state index contributed by atoms with van der Waals surface area (Å²) in [5, 5.41) is 8.63. The molecule has 4 nitrogen and oxygen atoms in total. The topological polar surface area (TPSA) is 39.9 Å². The van der Waals surface area contributed by atoms with Crippen LogP contribution in [0.1, 0.15) is 25.8 Å². The van der Waals surface area contributed by atoms with Crippen LogP contribution in [0.15, 0.2) is 60.7 Å². The molecule has 1 unspecified atom stereocenters. The molecular weight excluding hydrogens is 286 g/mol. The molecule has 0 saturated carbocycles. The number of benzene rings is 2. The Morgan fingerprint density at radius 1 is 1.04 bits per heavy atom. The van der Waals surface area contributed by atoms with Crippen LogP contribution in [0.25, 0.3) is 17.1 Å². The number of nitrogens with zero attached hydrogens (tertiary/aromatic N) is 3. The number of hydrogen-bond donors (Lipinski definition) is 0. The Bertz CT molecular complexity index is 794. The molecule has 0 aliphatic carbocycles. The highest BCUT2D eigenvalue weighted by Gasteiger charge is 2.30. The van der Waals surface area contributed by atoms with Crippen LogP contribution in [0.2, 0.25) is 0 Å². The van der Waals surface area contributed by atoms with Gasteiger partial charge in [-0.2, -0.15) is 0 Å². The van der Waals surface area contributed by atoms with Crippen molar-refractivity contribution in [2.45, 2.75) is 26.0 Å². The summed E-state index contributed by atoms with van der Waals surface area (Å²) in [6.07, 6.45) is 4.92. The normalized spacial score (nSPS) is 14.3. The summed E-state index contributed by atoms with van der Waals surface area (Å²) in [6.45, 7) is 4.70. The summed E-state index contributed by atoms with van der Waals surface area (Å²) in [6, 6.07) is 18.2. The quantitative estimate of drug-likeness (QED) is 0.683. The summed E-state index contributed by atoms with van der Waals surface area (Å²) in [5.74, 6) is 0. The molecule has 4 heteroatoms. The van der Waals surface area contributed by atoms with Crippen molar-refractivity contribution in [2.24, 2.45) is 0 Å². The van der Waals surface area contributed by atoms with E-state index in [0.29, 0.717) is 6.61 Å². The van der Waals surface area contributed by atoms with Crippen LogP contribution in [0, 0.1) is 0 Å². The standard InChI is InChI=1S/C19H21N3O/c1-3-19(23-4-2,15-14-16-10-6-5-7-11-16)22-18-13-9-8-12-17(18)20-21-22/h5-15H,3-4H2,1-2H3/b15-14+. The molecule has 0 N–H and O–H groups in total. The Kier molecular flexibility index (Phi) is 4.53. The molecule has 2 aromatic carbocycles. The highest BCUT2D eigenvalue weighted by atomic mass is 16.5. The van der Waals surface area contributed by atoms with E-state index in [0.717, 1.165) is 23.0 Å². The minimum absolute atomic E-state index is 0.598. The third-order valence-corrected chi connectivity index (χ3v) is 3.95. The van der Waals surface area contributed by atoms with Gasteiger partial charge in [-0.3, -0.25) is 0 Å². The maximum Gasteiger partial charge on any atom is 0.182 e. The van der Waals surface area contributed by atoms with Crippen LogP contribution in [0.5, 0.6) is 0 Å². The minimum Gasteiger partial charge on any atom is -0.350 e. The molecule has 0 aliphatic rings. The zero-order valence-corrected chi connectivity index (χ0v) is 13.5. The molecule has 0 radical (unpaired) electrons. The zero-order chi connectivity index (χ0) is 16.1. The van der Waals surface area contributed by atoms with E-state index in [9.17, 15) is 0 Å². The van der Waals surface area contributed by atoms with Crippen LogP contribution >= 0.6 is 0 Å². The summed E-state index contributed by atoms with van der Waals surface area (Å²) in [5.41, 5.74) is 2.34. The maximum atomic E-state index is 6.13. The molecule has 0 aliphatic heterocycles. The molecule has 23 heavy (non-hydrogen) atoms. The molecule has 3 rings (SSSR count). The van der Waals surface area contributed by atoms with Crippen LogP contribution in [0.3, 0.4) is 0 Å². The van der Waals surface area contributed by atoms with Gasteiger partial charge < -0.3 is 4.74 Å². The van der Waals surface area contributed by atoms with Crippen molar-refractivity contribution < 1.29 is 4.74 Å². The molecule has 0 spiro atoms. The van der Waals surface area contributed by atoms with Gasteiger partial charge in [-0.05, 0) is 37.1 Å². The second-order valence-corrected chi connectivity index (χ2v) is 5.37. The SMILES string of the molecule is CCOC(/C=C/c1ccccc1)(CC)n1nnc2ccccc21. The highest BCUT2D eigenvalue weighted by Crippen LogP contribution is 2.28. The first-order valence-electron chi connectivity index (χ1n) is 7.98. The Labute approximate surface area is 136 Å². The van der Waals surface area contributed by atoms with Crippen molar-refractivity contribution >= 4 is 17.1 Å². The Hall–Kier alpha value is -2.46. The van der Waals surface area contributed by atoms with Gasteiger partial charge >= 0.3 is 0 Å². The van der Waals surface area contributed by atoms with E-state index < -0.39 is 5.72 Å². The monoisotopic (exact) mass is 307 g/mol. The number of rotatable bonds is 6. The van der Waals surface area contributed by atoms with Crippen LogP contribution < -0.4 is 0 Å². The van der Waals surface area contributed by atoms with Crippen molar-refractivity contribution in [3.63, 3.8) is 0 Å². The molecule has 0 amide bonds. The number of aromatic nitrogens is 3. The first-order chi connectivity index (χ1) is 11.3. The summed E-state index contributed by atoms with van der Waals surface area (Å²) in [4.78, 5) is 0. The lowest BCUT2D eigenvalue weighted by molar-refractivity contribution is -0.0708. The molecule has 1 atom stereocenters. The molecule has 1 aromatic heterocycles. The average molecular weight is 307 g/mol. The van der Waals surface area contributed by atoms with E-state index >= 15 is 0 Å². The van der Waals surface area contributed by atoms with Gasteiger partial charge in [0.2, 0.25) is 0 Å². The molecule has 0 fully saturated rings. The van der Waals surface area contributed by atoms with Gasteiger partial charge in [0, 0.05) is 6.61 Å².